The maximum absolute atomic E-state index is 12.7. The number of aliphatic hydroxyl groups is 1. The van der Waals surface area contributed by atoms with Gasteiger partial charge >= 0.3 is 0 Å². The highest BCUT2D eigenvalue weighted by molar-refractivity contribution is 7.89. The number of rotatable bonds is 7. The van der Waals surface area contributed by atoms with Crippen LogP contribution in [-0.4, -0.2) is 63.4 Å². The molecule has 1 aromatic carbocycles. The number of hydrogen-bond donors (Lipinski definition) is 2. The molecule has 1 fully saturated rings. The first-order valence-corrected chi connectivity index (χ1v) is 9.12. The Bertz CT molecular complexity index is 612. The highest BCUT2D eigenvalue weighted by atomic mass is 32.2. The van der Waals surface area contributed by atoms with E-state index in [1.54, 1.807) is 18.2 Å². The van der Waals surface area contributed by atoms with Gasteiger partial charge in [0.15, 0.2) is 0 Å². The topological polar surface area (TPSA) is 88.1 Å². The van der Waals surface area contributed by atoms with Gasteiger partial charge in [-0.15, -0.1) is 0 Å². The molecule has 7 nitrogen and oxygen atoms in total. The molecule has 130 valence electrons. The van der Waals surface area contributed by atoms with Crippen LogP contribution in [0, 0.1) is 0 Å². The summed E-state index contributed by atoms with van der Waals surface area (Å²) in [5, 5.41) is 12.0. The summed E-state index contributed by atoms with van der Waals surface area (Å²) in [5.74, 6) is 0.564. The highest BCUT2D eigenvalue weighted by Crippen LogP contribution is 2.30. The van der Waals surface area contributed by atoms with Crippen LogP contribution in [0.5, 0.6) is 5.75 Å². The molecule has 2 rings (SSSR count). The standard InChI is InChI=1S/C15H24N2O5S/c1-12(2)22-15-4-3-13(11-14(15)16-5-8-18)23(19,20)17-6-9-21-10-7-17/h3-4,11-12,16,18H,5-10H2,1-2H3. The van der Waals surface area contributed by atoms with E-state index in [1.807, 2.05) is 13.8 Å². The summed E-state index contributed by atoms with van der Waals surface area (Å²) in [6, 6.07) is 4.75. The zero-order valence-corrected chi connectivity index (χ0v) is 14.3. The van der Waals surface area contributed by atoms with Crippen LogP contribution in [-0.2, 0) is 14.8 Å². The van der Waals surface area contributed by atoms with Gasteiger partial charge in [0.1, 0.15) is 5.75 Å². The molecule has 8 heteroatoms. The van der Waals surface area contributed by atoms with Crippen LogP contribution in [0.1, 0.15) is 13.8 Å². The molecule has 0 saturated carbocycles. The van der Waals surface area contributed by atoms with Gasteiger partial charge in [-0.25, -0.2) is 8.42 Å². The van der Waals surface area contributed by atoms with Crippen molar-refractivity contribution < 1.29 is 23.0 Å². The Labute approximate surface area is 137 Å². The molecule has 23 heavy (non-hydrogen) atoms. The molecule has 1 saturated heterocycles. The van der Waals surface area contributed by atoms with E-state index in [4.69, 9.17) is 14.6 Å². The molecule has 0 spiro atoms. The van der Waals surface area contributed by atoms with Crippen LogP contribution >= 0.6 is 0 Å². The second-order valence-corrected chi connectivity index (χ2v) is 7.43. The van der Waals surface area contributed by atoms with E-state index in [9.17, 15) is 8.42 Å². The van der Waals surface area contributed by atoms with Gasteiger partial charge in [0.2, 0.25) is 10.0 Å². The molecule has 1 heterocycles. The van der Waals surface area contributed by atoms with Gasteiger partial charge in [0.05, 0.1) is 36.5 Å². The van der Waals surface area contributed by atoms with Crippen molar-refractivity contribution in [2.24, 2.45) is 0 Å². The molecular weight excluding hydrogens is 320 g/mol. The lowest BCUT2D eigenvalue weighted by atomic mass is 10.3. The lowest BCUT2D eigenvalue weighted by Crippen LogP contribution is -2.40. The summed E-state index contributed by atoms with van der Waals surface area (Å²) in [5.41, 5.74) is 0.557. The van der Waals surface area contributed by atoms with Crippen molar-refractivity contribution in [3.8, 4) is 5.75 Å². The molecule has 0 bridgehead atoms. The van der Waals surface area contributed by atoms with Crippen molar-refractivity contribution in [3.05, 3.63) is 18.2 Å². The van der Waals surface area contributed by atoms with Crippen molar-refractivity contribution >= 4 is 15.7 Å². The quantitative estimate of drug-likeness (QED) is 0.764. The first-order chi connectivity index (χ1) is 10.9. The van der Waals surface area contributed by atoms with E-state index in [1.165, 1.54) is 4.31 Å². The summed E-state index contributed by atoms with van der Waals surface area (Å²) in [6.07, 6.45) is -0.0358. The maximum atomic E-state index is 12.7. The summed E-state index contributed by atoms with van der Waals surface area (Å²) in [6.45, 7) is 5.57. The minimum atomic E-state index is -3.56. The summed E-state index contributed by atoms with van der Waals surface area (Å²) in [7, 11) is -3.56. The number of sulfonamides is 1. The Morgan fingerprint density at radius 1 is 1.35 bits per heavy atom. The first-order valence-electron chi connectivity index (χ1n) is 7.68. The third kappa shape index (κ3) is 4.57. The molecular formula is C15H24N2O5S. The third-order valence-electron chi connectivity index (χ3n) is 3.35. The normalized spacial score (nSPS) is 16.5. The van der Waals surface area contributed by atoms with E-state index in [2.05, 4.69) is 5.32 Å². The van der Waals surface area contributed by atoms with Crippen LogP contribution in [0.25, 0.3) is 0 Å². The summed E-state index contributed by atoms with van der Waals surface area (Å²) >= 11 is 0. The van der Waals surface area contributed by atoms with Crippen LogP contribution in [0.2, 0.25) is 0 Å². The molecule has 0 radical (unpaired) electrons. The predicted octanol–water partition coefficient (Wildman–Crippen LogP) is 0.899. The number of benzene rings is 1. The SMILES string of the molecule is CC(C)Oc1ccc(S(=O)(=O)N2CCOCC2)cc1NCCO. The minimum absolute atomic E-state index is 0.0358. The average Bonchev–Trinajstić information content (AvgIpc) is 2.54. The number of morpholine rings is 1. The molecule has 2 N–H and O–H groups in total. The largest absolute Gasteiger partial charge is 0.489 e. The number of anilines is 1. The fraction of sp³-hybridized carbons (Fsp3) is 0.600. The van der Waals surface area contributed by atoms with Crippen molar-refractivity contribution in [1.29, 1.82) is 0 Å². The van der Waals surface area contributed by atoms with Gasteiger partial charge in [-0.3, -0.25) is 0 Å². The fourth-order valence-electron chi connectivity index (χ4n) is 2.29. The van der Waals surface area contributed by atoms with E-state index < -0.39 is 10.0 Å². The average molecular weight is 344 g/mol. The number of hydrogen-bond acceptors (Lipinski definition) is 6. The first kappa shape index (κ1) is 18.0. The number of nitrogens with one attached hydrogen (secondary N) is 1. The van der Waals surface area contributed by atoms with Crippen molar-refractivity contribution in [3.63, 3.8) is 0 Å². The van der Waals surface area contributed by atoms with E-state index in [-0.39, 0.29) is 17.6 Å². The molecule has 0 atom stereocenters. The summed E-state index contributed by atoms with van der Waals surface area (Å²) < 4.78 is 37.7. The maximum Gasteiger partial charge on any atom is 0.243 e. The Kier molecular flexibility index (Phi) is 6.23. The molecule has 1 aliphatic heterocycles. The number of nitrogens with zero attached hydrogens (tertiary/aromatic N) is 1. The molecule has 0 aliphatic carbocycles. The van der Waals surface area contributed by atoms with Crippen LogP contribution in [0.15, 0.2) is 23.1 Å². The zero-order chi connectivity index (χ0) is 16.9. The van der Waals surface area contributed by atoms with Crippen LogP contribution in [0.3, 0.4) is 0 Å². The van der Waals surface area contributed by atoms with Crippen molar-refractivity contribution in [2.45, 2.75) is 24.8 Å². The Morgan fingerprint density at radius 2 is 2.04 bits per heavy atom. The van der Waals surface area contributed by atoms with E-state index in [0.717, 1.165) is 0 Å². The van der Waals surface area contributed by atoms with Crippen molar-refractivity contribution in [2.75, 3.05) is 44.8 Å². The second-order valence-electron chi connectivity index (χ2n) is 5.49. The molecule has 0 amide bonds. The van der Waals surface area contributed by atoms with E-state index >= 15 is 0 Å². The Hall–Kier alpha value is -1.35. The molecule has 0 aromatic heterocycles. The van der Waals surface area contributed by atoms with Gasteiger partial charge < -0.3 is 19.9 Å². The fourth-order valence-corrected chi connectivity index (χ4v) is 3.73. The molecule has 0 unspecified atom stereocenters. The van der Waals surface area contributed by atoms with Crippen molar-refractivity contribution in [1.82, 2.24) is 4.31 Å². The number of aliphatic hydroxyl groups excluding tert-OH is 1. The number of ether oxygens (including phenoxy) is 2. The van der Waals surface area contributed by atoms with Crippen LogP contribution < -0.4 is 10.1 Å². The Balaban J connectivity index is 2.31. The smallest absolute Gasteiger partial charge is 0.243 e. The highest BCUT2D eigenvalue weighted by Gasteiger charge is 2.27. The van der Waals surface area contributed by atoms with Gasteiger partial charge in [-0.05, 0) is 32.0 Å². The molecule has 1 aliphatic rings. The Morgan fingerprint density at radius 3 is 2.65 bits per heavy atom. The second kappa shape index (κ2) is 7.96. The van der Waals surface area contributed by atoms with Gasteiger partial charge in [-0.2, -0.15) is 4.31 Å². The minimum Gasteiger partial charge on any atom is -0.489 e. The molecule has 1 aromatic rings. The van der Waals surface area contributed by atoms with Crippen LogP contribution in [0.4, 0.5) is 5.69 Å². The lowest BCUT2D eigenvalue weighted by Gasteiger charge is -2.26. The predicted molar refractivity (Wildman–Crippen MR) is 87.4 cm³/mol. The van der Waals surface area contributed by atoms with Gasteiger partial charge in [-0.1, -0.05) is 0 Å². The van der Waals surface area contributed by atoms with E-state index in [0.29, 0.717) is 44.3 Å². The monoisotopic (exact) mass is 344 g/mol. The van der Waals surface area contributed by atoms with Gasteiger partial charge in [0.25, 0.3) is 0 Å². The summed E-state index contributed by atoms with van der Waals surface area (Å²) in [4.78, 5) is 0.205. The lowest BCUT2D eigenvalue weighted by molar-refractivity contribution is 0.0730. The van der Waals surface area contributed by atoms with Gasteiger partial charge in [0, 0.05) is 19.6 Å². The zero-order valence-electron chi connectivity index (χ0n) is 13.5. The third-order valence-corrected chi connectivity index (χ3v) is 5.24.